The molecule has 0 saturated heterocycles. The lowest BCUT2D eigenvalue weighted by Crippen LogP contribution is -2.07. The number of aromatic nitrogens is 1. The van der Waals surface area contributed by atoms with Crippen molar-refractivity contribution >= 4 is 28.5 Å². The van der Waals surface area contributed by atoms with Crippen molar-refractivity contribution in [1.82, 2.24) is 4.98 Å². The molecule has 0 aliphatic heterocycles. The summed E-state index contributed by atoms with van der Waals surface area (Å²) in [6, 6.07) is 15.1. The number of carbonyl (C=O) groups is 1. The fraction of sp³-hybridized carbons (Fsp3) is 0.100. The normalized spacial score (nSPS) is 10.7. The Morgan fingerprint density at radius 1 is 1.00 bits per heavy atom. The van der Waals surface area contributed by atoms with E-state index < -0.39 is 0 Å². The number of methoxy groups -OCH3 is 2. The van der Waals surface area contributed by atoms with Crippen LogP contribution in [0.3, 0.4) is 0 Å². The first-order valence-corrected chi connectivity index (χ1v) is 8.79. The molecule has 1 N–H and O–H groups in total. The summed E-state index contributed by atoms with van der Waals surface area (Å²) in [5, 5.41) is 5.24. The van der Waals surface area contributed by atoms with Crippen molar-refractivity contribution in [2.24, 2.45) is 0 Å². The number of hydrogen-bond donors (Lipinski definition) is 1. The Hall–Kier alpha value is -3.12. The third-order valence-electron chi connectivity index (χ3n) is 3.66. The molecular weight excluding hydrogens is 348 g/mol. The summed E-state index contributed by atoms with van der Waals surface area (Å²) in [6.45, 7) is 0. The Labute approximate surface area is 155 Å². The Morgan fingerprint density at radius 3 is 2.23 bits per heavy atom. The number of carbonyl (C=O) groups excluding carboxylic acids is 1. The van der Waals surface area contributed by atoms with Crippen molar-refractivity contribution in [3.8, 4) is 22.8 Å². The molecule has 0 radical (unpaired) electrons. The van der Waals surface area contributed by atoms with E-state index in [1.54, 1.807) is 20.3 Å². The van der Waals surface area contributed by atoms with Gasteiger partial charge in [-0.3, -0.25) is 10.1 Å². The Balaban J connectivity index is 1.62. The van der Waals surface area contributed by atoms with Gasteiger partial charge in [-0.05, 0) is 48.0 Å². The molecule has 1 aromatic heterocycles. The van der Waals surface area contributed by atoms with Crippen molar-refractivity contribution < 1.29 is 14.3 Å². The summed E-state index contributed by atoms with van der Waals surface area (Å²) >= 11 is 1.38. The van der Waals surface area contributed by atoms with Crippen LogP contribution in [0.25, 0.3) is 17.3 Å². The monoisotopic (exact) mass is 366 g/mol. The fourth-order valence-corrected chi connectivity index (χ4v) is 2.98. The maximum absolute atomic E-state index is 12.1. The van der Waals surface area contributed by atoms with Gasteiger partial charge in [0.2, 0.25) is 5.91 Å². The number of anilines is 1. The van der Waals surface area contributed by atoms with Gasteiger partial charge in [0.1, 0.15) is 11.5 Å². The molecule has 0 atom stereocenters. The van der Waals surface area contributed by atoms with Crippen LogP contribution in [0.15, 0.2) is 60.0 Å². The molecule has 0 fully saturated rings. The summed E-state index contributed by atoms with van der Waals surface area (Å²) in [4.78, 5) is 16.5. The Bertz CT molecular complexity index is 900. The van der Waals surface area contributed by atoms with Crippen LogP contribution in [0.4, 0.5) is 5.13 Å². The molecule has 0 aliphatic rings. The number of nitrogens with zero attached hydrogens (tertiary/aromatic N) is 1. The maximum atomic E-state index is 12.1. The highest BCUT2D eigenvalue weighted by molar-refractivity contribution is 7.14. The number of hydrogen-bond acceptors (Lipinski definition) is 5. The van der Waals surface area contributed by atoms with Crippen LogP contribution >= 0.6 is 11.3 Å². The van der Waals surface area contributed by atoms with E-state index in [9.17, 15) is 4.79 Å². The van der Waals surface area contributed by atoms with Crippen LogP contribution in [0.5, 0.6) is 11.5 Å². The lowest BCUT2D eigenvalue weighted by atomic mass is 10.2. The molecule has 0 unspecified atom stereocenters. The van der Waals surface area contributed by atoms with E-state index in [2.05, 4.69) is 10.3 Å². The van der Waals surface area contributed by atoms with E-state index in [-0.39, 0.29) is 5.91 Å². The first-order valence-electron chi connectivity index (χ1n) is 7.91. The van der Waals surface area contributed by atoms with Crippen LogP contribution in [0.1, 0.15) is 5.56 Å². The number of thiazole rings is 1. The zero-order valence-corrected chi connectivity index (χ0v) is 15.2. The lowest BCUT2D eigenvalue weighted by Gasteiger charge is -2.01. The SMILES string of the molecule is COc1ccc(/C=C\C(=O)Nc2nc(-c3ccc(OC)cc3)cs2)cc1. The van der Waals surface area contributed by atoms with Crippen LogP contribution in [0.2, 0.25) is 0 Å². The van der Waals surface area contributed by atoms with Gasteiger partial charge in [0.25, 0.3) is 0 Å². The van der Waals surface area contributed by atoms with Crippen LogP contribution in [-0.2, 0) is 4.79 Å². The second-order valence-electron chi connectivity index (χ2n) is 5.36. The highest BCUT2D eigenvalue weighted by Gasteiger charge is 2.06. The van der Waals surface area contributed by atoms with E-state index in [0.29, 0.717) is 5.13 Å². The van der Waals surface area contributed by atoms with Crippen molar-refractivity contribution in [3.63, 3.8) is 0 Å². The van der Waals surface area contributed by atoms with Crippen LogP contribution in [-0.4, -0.2) is 25.1 Å². The van der Waals surface area contributed by atoms with Gasteiger partial charge >= 0.3 is 0 Å². The average molecular weight is 366 g/mol. The minimum Gasteiger partial charge on any atom is -0.497 e. The fourth-order valence-electron chi connectivity index (χ4n) is 2.26. The highest BCUT2D eigenvalue weighted by Crippen LogP contribution is 2.26. The molecule has 132 valence electrons. The molecule has 26 heavy (non-hydrogen) atoms. The first kappa shape index (κ1) is 17.7. The standard InChI is InChI=1S/C20H18N2O3S/c1-24-16-8-3-14(4-9-16)5-12-19(23)22-20-21-18(13-26-20)15-6-10-17(25-2)11-7-15/h3-13H,1-2H3,(H,21,22,23)/b12-5-. The number of nitrogens with one attached hydrogen (secondary N) is 1. The van der Waals surface area contributed by atoms with E-state index >= 15 is 0 Å². The summed E-state index contributed by atoms with van der Waals surface area (Å²) in [5.74, 6) is 1.35. The molecule has 1 amide bonds. The van der Waals surface area contributed by atoms with E-state index in [1.807, 2.05) is 53.9 Å². The molecule has 0 aliphatic carbocycles. The highest BCUT2D eigenvalue weighted by atomic mass is 32.1. The Kier molecular flexibility index (Phi) is 5.66. The third kappa shape index (κ3) is 4.49. The third-order valence-corrected chi connectivity index (χ3v) is 4.42. The summed E-state index contributed by atoms with van der Waals surface area (Å²) < 4.78 is 10.3. The first-order chi connectivity index (χ1) is 12.7. The number of ether oxygens (including phenoxy) is 2. The molecule has 0 spiro atoms. The zero-order chi connectivity index (χ0) is 18.4. The van der Waals surface area contributed by atoms with Gasteiger partial charge in [-0.1, -0.05) is 12.1 Å². The van der Waals surface area contributed by atoms with E-state index in [1.165, 1.54) is 17.4 Å². The molecule has 0 bridgehead atoms. The second kappa shape index (κ2) is 8.31. The average Bonchev–Trinajstić information content (AvgIpc) is 3.15. The van der Waals surface area contributed by atoms with Gasteiger partial charge in [-0.25, -0.2) is 4.98 Å². The summed E-state index contributed by atoms with van der Waals surface area (Å²) in [6.07, 6.45) is 3.23. The maximum Gasteiger partial charge on any atom is 0.250 e. The van der Waals surface area contributed by atoms with Gasteiger partial charge in [0, 0.05) is 17.0 Å². The van der Waals surface area contributed by atoms with Crippen molar-refractivity contribution in [2.75, 3.05) is 19.5 Å². The minimum atomic E-state index is -0.226. The molecule has 1 heterocycles. The molecule has 3 aromatic rings. The summed E-state index contributed by atoms with van der Waals surface area (Å²) in [7, 11) is 3.25. The predicted molar refractivity (Wildman–Crippen MR) is 105 cm³/mol. The molecule has 6 heteroatoms. The van der Waals surface area contributed by atoms with Gasteiger partial charge in [-0.2, -0.15) is 0 Å². The topological polar surface area (TPSA) is 60.5 Å². The van der Waals surface area contributed by atoms with Crippen molar-refractivity contribution in [3.05, 3.63) is 65.6 Å². The van der Waals surface area contributed by atoms with Gasteiger partial charge in [0.15, 0.2) is 5.13 Å². The summed E-state index contributed by atoms with van der Waals surface area (Å²) in [5.41, 5.74) is 2.70. The molecular formula is C20H18N2O3S. The quantitative estimate of drug-likeness (QED) is 0.654. The Morgan fingerprint density at radius 2 is 1.62 bits per heavy atom. The number of rotatable bonds is 6. The molecule has 3 rings (SSSR count). The van der Waals surface area contributed by atoms with Gasteiger partial charge < -0.3 is 9.47 Å². The molecule has 2 aromatic carbocycles. The van der Waals surface area contributed by atoms with Crippen LogP contribution in [0, 0.1) is 0 Å². The minimum absolute atomic E-state index is 0.226. The van der Waals surface area contributed by atoms with Gasteiger partial charge in [-0.15, -0.1) is 11.3 Å². The van der Waals surface area contributed by atoms with Crippen molar-refractivity contribution in [2.45, 2.75) is 0 Å². The number of benzene rings is 2. The predicted octanol–water partition coefficient (Wildman–Crippen LogP) is 4.48. The lowest BCUT2D eigenvalue weighted by molar-refractivity contribution is -0.111. The zero-order valence-electron chi connectivity index (χ0n) is 14.4. The molecule has 5 nitrogen and oxygen atoms in total. The second-order valence-corrected chi connectivity index (χ2v) is 6.22. The smallest absolute Gasteiger partial charge is 0.250 e. The molecule has 0 saturated carbocycles. The van der Waals surface area contributed by atoms with Crippen LogP contribution < -0.4 is 14.8 Å². The van der Waals surface area contributed by atoms with E-state index in [4.69, 9.17) is 9.47 Å². The van der Waals surface area contributed by atoms with Gasteiger partial charge in [0.05, 0.1) is 19.9 Å². The van der Waals surface area contributed by atoms with Crippen molar-refractivity contribution in [1.29, 1.82) is 0 Å². The largest absolute Gasteiger partial charge is 0.497 e. The number of amides is 1. The van der Waals surface area contributed by atoms with E-state index in [0.717, 1.165) is 28.3 Å².